The van der Waals surface area contributed by atoms with Crippen LogP contribution in [0.15, 0.2) is 66.9 Å². The topological polar surface area (TPSA) is 76.1 Å². The zero-order chi connectivity index (χ0) is 25.4. The summed E-state index contributed by atoms with van der Waals surface area (Å²) in [6.07, 6.45) is 3.73. The van der Waals surface area contributed by atoms with Crippen molar-refractivity contribution in [3.8, 4) is 11.5 Å². The molecule has 184 valence electrons. The summed E-state index contributed by atoms with van der Waals surface area (Å²) in [5, 5.41) is 0.612. The standard InChI is InChI=1S/C28H18Cl2N2O5/c29-16-10-17(30)12-18(11-16)32-27(34)22-23(28(32)35)25(26(33)15-5-6-20-21(9-15)37-13-36-20)31-8-7-14-3-1-2-4-19(14)24(22)31/h1-12,22-25H,13H2/t22-,23-,24+,25+/m1/s1. The molecule has 0 spiro atoms. The third kappa shape index (κ3) is 3.24. The van der Waals surface area contributed by atoms with Crippen LogP contribution in [0.3, 0.4) is 0 Å². The van der Waals surface area contributed by atoms with Crippen LogP contribution in [-0.4, -0.2) is 35.3 Å². The molecule has 3 aromatic carbocycles. The number of imide groups is 1. The maximum absolute atomic E-state index is 14.1. The van der Waals surface area contributed by atoms with E-state index in [1.165, 1.54) is 18.2 Å². The quantitative estimate of drug-likeness (QED) is 0.344. The number of amides is 2. The molecule has 7 rings (SSSR count). The highest BCUT2D eigenvalue weighted by molar-refractivity contribution is 6.36. The molecule has 37 heavy (non-hydrogen) atoms. The first kappa shape index (κ1) is 22.4. The van der Waals surface area contributed by atoms with Crippen LogP contribution in [0.5, 0.6) is 11.5 Å². The third-order valence-corrected chi connectivity index (χ3v) is 7.93. The molecular weight excluding hydrogens is 515 g/mol. The van der Waals surface area contributed by atoms with Crippen LogP contribution >= 0.6 is 23.2 Å². The van der Waals surface area contributed by atoms with Crippen LogP contribution in [0.1, 0.15) is 27.5 Å². The van der Waals surface area contributed by atoms with Gasteiger partial charge in [-0.25, -0.2) is 4.90 Å². The minimum atomic E-state index is -0.899. The van der Waals surface area contributed by atoms with Crippen molar-refractivity contribution in [1.82, 2.24) is 4.90 Å². The Morgan fingerprint density at radius 1 is 0.865 bits per heavy atom. The maximum atomic E-state index is 14.1. The van der Waals surface area contributed by atoms with E-state index >= 15 is 0 Å². The number of benzene rings is 3. The van der Waals surface area contributed by atoms with Crippen molar-refractivity contribution >= 4 is 52.6 Å². The molecule has 0 radical (unpaired) electrons. The number of rotatable bonds is 3. The summed E-state index contributed by atoms with van der Waals surface area (Å²) >= 11 is 12.4. The van der Waals surface area contributed by atoms with Gasteiger partial charge in [0.2, 0.25) is 18.6 Å². The molecule has 0 saturated carbocycles. The Labute approximate surface area is 221 Å². The van der Waals surface area contributed by atoms with Gasteiger partial charge in [0.05, 0.1) is 23.6 Å². The number of carbonyl (C=O) groups is 3. The van der Waals surface area contributed by atoms with E-state index < -0.39 is 29.8 Å². The highest BCUT2D eigenvalue weighted by atomic mass is 35.5. The van der Waals surface area contributed by atoms with Gasteiger partial charge in [-0.3, -0.25) is 14.4 Å². The minimum absolute atomic E-state index is 0.0823. The normalized spacial score (nSPS) is 24.8. The van der Waals surface area contributed by atoms with Gasteiger partial charge in [0.15, 0.2) is 17.3 Å². The first-order valence-corrected chi connectivity index (χ1v) is 12.5. The molecule has 4 aliphatic rings. The van der Waals surface area contributed by atoms with Crippen molar-refractivity contribution < 1.29 is 23.9 Å². The summed E-state index contributed by atoms with van der Waals surface area (Å²) in [6.45, 7) is 0.0823. The summed E-state index contributed by atoms with van der Waals surface area (Å²) < 4.78 is 10.9. The summed E-state index contributed by atoms with van der Waals surface area (Å²) in [6, 6.07) is 15.9. The minimum Gasteiger partial charge on any atom is -0.454 e. The van der Waals surface area contributed by atoms with Crippen LogP contribution in [0, 0.1) is 11.8 Å². The molecular formula is C28H18Cl2N2O5. The number of hydrogen-bond donors (Lipinski definition) is 0. The second kappa shape index (κ2) is 8.10. The number of Topliss-reactive ketones (excluding diaryl/α,β-unsaturated/α-hetero) is 1. The van der Waals surface area contributed by atoms with Crippen LogP contribution in [-0.2, 0) is 9.59 Å². The zero-order valence-corrected chi connectivity index (χ0v) is 20.6. The van der Waals surface area contributed by atoms with Crippen LogP contribution in [0.4, 0.5) is 5.69 Å². The Balaban J connectivity index is 1.37. The number of carbonyl (C=O) groups excluding carboxylic acids is 3. The van der Waals surface area contributed by atoms with Crippen molar-refractivity contribution in [3.63, 3.8) is 0 Å². The van der Waals surface area contributed by atoms with Crippen LogP contribution < -0.4 is 14.4 Å². The fourth-order valence-corrected chi connectivity index (χ4v) is 6.52. The lowest BCUT2D eigenvalue weighted by Gasteiger charge is -2.35. The first-order chi connectivity index (χ1) is 17.9. The number of halogens is 2. The average Bonchev–Trinajstić information content (AvgIpc) is 3.55. The third-order valence-electron chi connectivity index (χ3n) is 7.49. The van der Waals surface area contributed by atoms with Gasteiger partial charge in [0, 0.05) is 21.8 Å². The van der Waals surface area contributed by atoms with E-state index in [0.29, 0.717) is 32.8 Å². The van der Waals surface area contributed by atoms with Crippen LogP contribution in [0.2, 0.25) is 10.0 Å². The highest BCUT2D eigenvalue weighted by Gasteiger charge is 2.64. The van der Waals surface area contributed by atoms with Gasteiger partial charge >= 0.3 is 0 Å². The van der Waals surface area contributed by atoms with Crippen molar-refractivity contribution in [2.75, 3.05) is 11.7 Å². The number of ketones is 1. The van der Waals surface area contributed by atoms with Crippen molar-refractivity contribution in [2.24, 2.45) is 11.8 Å². The smallest absolute Gasteiger partial charge is 0.240 e. The second-order valence-corrected chi connectivity index (χ2v) is 10.3. The molecule has 9 heteroatoms. The lowest BCUT2D eigenvalue weighted by molar-refractivity contribution is -0.123. The molecule has 0 unspecified atom stereocenters. The first-order valence-electron chi connectivity index (χ1n) is 11.7. The van der Waals surface area contributed by atoms with E-state index in [-0.39, 0.29) is 18.5 Å². The Morgan fingerprint density at radius 2 is 1.59 bits per heavy atom. The van der Waals surface area contributed by atoms with Crippen LogP contribution in [0.25, 0.3) is 6.08 Å². The van der Waals surface area contributed by atoms with Gasteiger partial charge in [0.25, 0.3) is 0 Å². The van der Waals surface area contributed by atoms with Crippen molar-refractivity contribution in [3.05, 3.63) is 93.6 Å². The molecule has 0 N–H and O–H groups in total. The lowest BCUT2D eigenvalue weighted by atomic mass is 9.83. The molecule has 0 bridgehead atoms. The number of anilines is 1. The van der Waals surface area contributed by atoms with E-state index in [9.17, 15) is 14.4 Å². The average molecular weight is 533 g/mol. The fourth-order valence-electron chi connectivity index (χ4n) is 6.00. The SMILES string of the molecule is O=C(c1ccc2c(c1)OCO2)[C@@H]1[C@@H]2C(=O)N(c3cc(Cl)cc(Cl)c3)C(=O)[C@H]2[C@@H]2c3ccccc3C=CN12. The van der Waals surface area contributed by atoms with E-state index in [2.05, 4.69) is 0 Å². The number of ether oxygens (including phenoxy) is 2. The predicted octanol–water partition coefficient (Wildman–Crippen LogP) is 5.12. The summed E-state index contributed by atoms with van der Waals surface area (Å²) in [5.41, 5.74) is 2.52. The van der Waals surface area contributed by atoms with Gasteiger partial charge in [-0.2, -0.15) is 0 Å². The maximum Gasteiger partial charge on any atom is 0.240 e. The predicted molar refractivity (Wildman–Crippen MR) is 137 cm³/mol. The van der Waals surface area contributed by atoms with E-state index in [1.54, 1.807) is 18.2 Å². The molecule has 0 aromatic heterocycles. The highest BCUT2D eigenvalue weighted by Crippen LogP contribution is 2.54. The Bertz CT molecular complexity index is 1530. The van der Waals surface area contributed by atoms with Crippen molar-refractivity contribution in [2.45, 2.75) is 12.1 Å². The number of nitrogens with zero attached hydrogens (tertiary/aromatic N) is 2. The summed E-state index contributed by atoms with van der Waals surface area (Å²) in [4.78, 5) is 45.0. The molecule has 7 nitrogen and oxygen atoms in total. The number of hydrogen-bond acceptors (Lipinski definition) is 6. The number of fused-ring (bicyclic) bond motifs is 6. The van der Waals surface area contributed by atoms with Gasteiger partial charge in [-0.1, -0.05) is 47.5 Å². The largest absolute Gasteiger partial charge is 0.454 e. The Morgan fingerprint density at radius 3 is 2.41 bits per heavy atom. The second-order valence-electron chi connectivity index (χ2n) is 9.40. The Hall–Kier alpha value is -3.81. The molecule has 4 aliphatic heterocycles. The van der Waals surface area contributed by atoms with E-state index in [0.717, 1.165) is 16.0 Å². The lowest BCUT2D eigenvalue weighted by Crippen LogP contribution is -2.44. The summed E-state index contributed by atoms with van der Waals surface area (Å²) in [5.74, 6) is -1.74. The molecule has 4 atom stereocenters. The van der Waals surface area contributed by atoms with Gasteiger partial charge in [0.1, 0.15) is 6.04 Å². The molecule has 3 aromatic rings. The monoisotopic (exact) mass is 532 g/mol. The molecule has 2 saturated heterocycles. The van der Waals surface area contributed by atoms with Gasteiger partial charge < -0.3 is 14.4 Å². The zero-order valence-electron chi connectivity index (χ0n) is 19.1. The molecule has 0 aliphatic carbocycles. The van der Waals surface area contributed by atoms with Crippen molar-refractivity contribution in [1.29, 1.82) is 0 Å². The molecule has 4 heterocycles. The van der Waals surface area contributed by atoms with Gasteiger partial charge in [-0.15, -0.1) is 0 Å². The molecule has 2 amide bonds. The molecule has 2 fully saturated rings. The van der Waals surface area contributed by atoms with Gasteiger partial charge in [-0.05, 0) is 53.6 Å². The van der Waals surface area contributed by atoms with E-state index in [4.69, 9.17) is 32.7 Å². The van der Waals surface area contributed by atoms with E-state index in [1.807, 2.05) is 41.4 Å². The summed E-state index contributed by atoms with van der Waals surface area (Å²) in [7, 11) is 0. The fraction of sp³-hybridized carbons (Fsp3) is 0.179. The Kier molecular flexibility index (Phi) is 4.90.